The zero-order valence-electron chi connectivity index (χ0n) is 4.63. The summed E-state index contributed by atoms with van der Waals surface area (Å²) in [5, 5.41) is 6.50. The van der Waals surface area contributed by atoms with Crippen molar-refractivity contribution in [3.8, 4) is 0 Å². The molecule has 0 spiro atoms. The summed E-state index contributed by atoms with van der Waals surface area (Å²) in [5.74, 6) is 3.50. The highest BCUT2D eigenvalue weighted by Gasteiger charge is 1.82. The molecule has 0 aromatic carbocycles. The van der Waals surface area contributed by atoms with Gasteiger partial charge in [-0.15, -0.1) is 0 Å². The van der Waals surface area contributed by atoms with Gasteiger partial charge in [-0.05, 0) is 6.92 Å². The Bertz CT molecular complexity index is 56.5. The molecular weight excluding hydrogens is 112 g/mol. The first-order chi connectivity index (χ1) is 3.77. The lowest BCUT2D eigenvalue weighted by Crippen LogP contribution is -2.11. The normalized spacial score (nSPS) is 6.38. The van der Waals surface area contributed by atoms with Crippen LogP contribution >= 0.6 is 0 Å². The lowest BCUT2D eigenvalue weighted by Gasteiger charge is -1.89. The number of rotatable bonds is 1. The van der Waals surface area contributed by atoms with E-state index in [1.165, 1.54) is 0 Å². The highest BCUT2D eigenvalue weighted by Crippen LogP contribution is 1.66. The van der Waals surface area contributed by atoms with Crippen LogP contribution in [0, 0.1) is 0 Å². The van der Waals surface area contributed by atoms with Crippen LogP contribution in [0.5, 0.6) is 0 Å². The minimum atomic E-state index is -0.711. The van der Waals surface area contributed by atoms with Gasteiger partial charge >= 0.3 is 6.09 Å². The molecule has 5 heteroatoms. The van der Waals surface area contributed by atoms with E-state index in [2.05, 4.69) is 16.4 Å². The summed E-state index contributed by atoms with van der Waals surface area (Å²) in [6.45, 7) is 2.06. The topological polar surface area (TPSA) is 98.6 Å². The summed E-state index contributed by atoms with van der Waals surface area (Å²) in [6.07, 6.45) is -0.711. The molecule has 5 nitrogen and oxygen atoms in total. The molecule has 1 amide bonds. The molecule has 0 radical (unpaired) electrons. The van der Waals surface area contributed by atoms with E-state index in [4.69, 9.17) is 5.21 Å². The van der Waals surface area contributed by atoms with E-state index in [0.29, 0.717) is 6.61 Å². The first-order valence-electron chi connectivity index (χ1n) is 1.95. The van der Waals surface area contributed by atoms with Crippen LogP contribution in [-0.4, -0.2) is 17.9 Å². The fraction of sp³-hybridized carbons (Fsp3) is 0.667. The molecule has 0 saturated heterocycles. The quantitative estimate of drug-likeness (QED) is 0.406. The average molecular weight is 122 g/mol. The smallest absolute Gasteiger partial charge is 0.404 e. The molecule has 0 unspecified atom stereocenters. The molecule has 0 bridgehead atoms. The lowest BCUT2D eigenvalue weighted by molar-refractivity contribution is 0.163. The maximum Gasteiger partial charge on any atom is 0.404 e. The molecule has 50 valence electrons. The lowest BCUT2D eigenvalue weighted by atomic mass is 10.9. The van der Waals surface area contributed by atoms with Gasteiger partial charge in [-0.25, -0.2) is 10.7 Å². The predicted molar refractivity (Wildman–Crippen MR) is 27.2 cm³/mol. The van der Waals surface area contributed by atoms with Crippen LogP contribution in [-0.2, 0) is 4.74 Å². The Balaban J connectivity index is 0. The number of amides is 1. The Morgan fingerprint density at radius 3 is 2.12 bits per heavy atom. The van der Waals surface area contributed by atoms with Gasteiger partial charge in [0.1, 0.15) is 0 Å². The van der Waals surface area contributed by atoms with Crippen molar-refractivity contribution in [3.63, 3.8) is 0 Å². The van der Waals surface area contributed by atoms with E-state index >= 15 is 0 Å². The van der Waals surface area contributed by atoms with Gasteiger partial charge in [0.05, 0.1) is 6.61 Å². The van der Waals surface area contributed by atoms with Crippen molar-refractivity contribution in [2.24, 2.45) is 11.6 Å². The number of ether oxygens (including phenoxy) is 1. The molecule has 0 fully saturated rings. The summed E-state index contributed by atoms with van der Waals surface area (Å²) in [7, 11) is 0. The van der Waals surface area contributed by atoms with Gasteiger partial charge < -0.3 is 15.7 Å². The maximum absolute atomic E-state index is 9.60. The van der Waals surface area contributed by atoms with E-state index in [9.17, 15) is 4.79 Å². The van der Waals surface area contributed by atoms with Crippen molar-refractivity contribution < 1.29 is 14.7 Å². The summed E-state index contributed by atoms with van der Waals surface area (Å²) < 4.78 is 4.18. The molecule has 0 aliphatic heterocycles. The van der Waals surface area contributed by atoms with Gasteiger partial charge in [-0.3, -0.25) is 0 Å². The van der Waals surface area contributed by atoms with Crippen molar-refractivity contribution in [1.29, 1.82) is 0 Å². The highest BCUT2D eigenvalue weighted by molar-refractivity contribution is 5.64. The standard InChI is InChI=1S/C3H7NO2.H3NO/c1-2-6-3(4)5;1-2/h2H2,1H3,(H2,4,5);2H,1H2. The van der Waals surface area contributed by atoms with Gasteiger partial charge in [0.15, 0.2) is 0 Å². The molecule has 0 heterocycles. The molecule has 0 atom stereocenters. The first kappa shape index (κ1) is 10.2. The molecular formula is C3H10N2O3. The SMILES string of the molecule is CCOC(N)=O.NO. The van der Waals surface area contributed by atoms with E-state index in [1.54, 1.807) is 6.92 Å². The number of nitrogens with two attached hydrogens (primary N) is 2. The van der Waals surface area contributed by atoms with Crippen molar-refractivity contribution >= 4 is 6.09 Å². The Morgan fingerprint density at radius 1 is 1.75 bits per heavy atom. The second-order valence-corrected chi connectivity index (χ2v) is 0.752. The van der Waals surface area contributed by atoms with Crippen molar-refractivity contribution in [3.05, 3.63) is 0 Å². The Morgan fingerprint density at radius 2 is 2.12 bits per heavy atom. The number of carbonyl (C=O) groups is 1. The Kier molecular flexibility index (Phi) is 12.1. The van der Waals surface area contributed by atoms with Crippen LogP contribution in [0.25, 0.3) is 0 Å². The van der Waals surface area contributed by atoms with Crippen LogP contribution in [0.3, 0.4) is 0 Å². The second-order valence-electron chi connectivity index (χ2n) is 0.752. The van der Waals surface area contributed by atoms with Crippen LogP contribution in [0.2, 0.25) is 0 Å². The minimum Gasteiger partial charge on any atom is -0.450 e. The van der Waals surface area contributed by atoms with Gasteiger partial charge in [0.25, 0.3) is 0 Å². The van der Waals surface area contributed by atoms with E-state index in [-0.39, 0.29) is 0 Å². The third-order valence-electron chi connectivity index (χ3n) is 0.287. The van der Waals surface area contributed by atoms with Crippen molar-refractivity contribution in [1.82, 2.24) is 0 Å². The summed E-state index contributed by atoms with van der Waals surface area (Å²) in [6, 6.07) is 0. The Labute approximate surface area is 47.2 Å². The number of hydrogen-bond donors (Lipinski definition) is 3. The zero-order valence-corrected chi connectivity index (χ0v) is 4.63. The third-order valence-corrected chi connectivity index (χ3v) is 0.287. The van der Waals surface area contributed by atoms with Crippen LogP contribution in [0.4, 0.5) is 4.79 Å². The first-order valence-corrected chi connectivity index (χ1v) is 1.95. The average Bonchev–Trinajstić information content (AvgIpc) is 1.72. The van der Waals surface area contributed by atoms with Gasteiger partial charge in [0, 0.05) is 0 Å². The Hall–Kier alpha value is -0.810. The molecule has 0 saturated carbocycles. The highest BCUT2D eigenvalue weighted by atomic mass is 16.5. The minimum absolute atomic E-state index is 0.356. The van der Waals surface area contributed by atoms with Crippen molar-refractivity contribution in [2.45, 2.75) is 6.92 Å². The van der Waals surface area contributed by atoms with Crippen molar-refractivity contribution in [2.75, 3.05) is 6.61 Å². The van der Waals surface area contributed by atoms with E-state index in [0.717, 1.165) is 0 Å². The molecule has 0 aliphatic rings. The van der Waals surface area contributed by atoms with E-state index in [1.807, 2.05) is 0 Å². The molecule has 8 heavy (non-hydrogen) atoms. The molecule has 0 aromatic rings. The molecule has 5 N–H and O–H groups in total. The molecule has 0 rings (SSSR count). The number of carbonyl (C=O) groups excluding carboxylic acids is 1. The second kappa shape index (κ2) is 9.50. The van der Waals surface area contributed by atoms with Crippen LogP contribution in [0.15, 0.2) is 0 Å². The van der Waals surface area contributed by atoms with E-state index < -0.39 is 6.09 Å². The molecule has 0 aliphatic carbocycles. The number of primary amides is 1. The van der Waals surface area contributed by atoms with Crippen LogP contribution < -0.4 is 11.6 Å². The van der Waals surface area contributed by atoms with Gasteiger partial charge in [0.2, 0.25) is 0 Å². The predicted octanol–water partition coefficient (Wildman–Crippen LogP) is -0.564. The fourth-order valence-electron chi connectivity index (χ4n) is 0.142. The fourth-order valence-corrected chi connectivity index (χ4v) is 0.142. The zero-order chi connectivity index (χ0) is 6.99. The monoisotopic (exact) mass is 122 g/mol. The number of hydrogen-bond acceptors (Lipinski definition) is 4. The largest absolute Gasteiger partial charge is 0.450 e. The van der Waals surface area contributed by atoms with Crippen LogP contribution in [0.1, 0.15) is 6.92 Å². The third kappa shape index (κ3) is 19.0. The summed E-state index contributed by atoms with van der Waals surface area (Å²) >= 11 is 0. The molecule has 0 aromatic heterocycles. The summed E-state index contributed by atoms with van der Waals surface area (Å²) in [4.78, 5) is 9.60. The van der Waals surface area contributed by atoms with Gasteiger partial charge in [-0.2, -0.15) is 0 Å². The van der Waals surface area contributed by atoms with Gasteiger partial charge in [-0.1, -0.05) is 0 Å². The summed E-state index contributed by atoms with van der Waals surface area (Å²) in [5.41, 5.74) is 4.54. The maximum atomic E-state index is 9.60.